The third kappa shape index (κ3) is 2.92. The highest BCUT2D eigenvalue weighted by Gasteiger charge is 2.01. The summed E-state index contributed by atoms with van der Waals surface area (Å²) in [6, 6.07) is 3.53. The fourth-order valence-electron chi connectivity index (χ4n) is 0.900. The number of nitrogens with one attached hydrogen (secondary N) is 1. The Morgan fingerprint density at radius 2 is 2.43 bits per heavy atom. The number of nitrogen functional groups attached to an aromatic ring is 1. The first-order chi connectivity index (χ1) is 6.63. The molecule has 0 saturated carbocycles. The minimum atomic E-state index is 0.426. The fraction of sp³-hybridized carbons (Fsp3) is 0.222. The van der Waals surface area contributed by atoms with E-state index in [1.54, 1.807) is 12.1 Å². The minimum Gasteiger partial charge on any atom is -0.479 e. The molecule has 0 radical (unpaired) electrons. The summed E-state index contributed by atoms with van der Waals surface area (Å²) in [5.74, 6) is 1.13. The number of pyridine rings is 1. The summed E-state index contributed by atoms with van der Waals surface area (Å²) >= 11 is 3.24. The van der Waals surface area contributed by atoms with Crippen molar-refractivity contribution < 1.29 is 4.74 Å². The minimum absolute atomic E-state index is 0.426. The van der Waals surface area contributed by atoms with Gasteiger partial charge in [-0.2, -0.15) is 4.98 Å². The fourth-order valence-corrected chi connectivity index (χ4v) is 1.04. The number of hydrogen-bond donors (Lipinski definition) is 2. The first kappa shape index (κ1) is 10.8. The summed E-state index contributed by atoms with van der Waals surface area (Å²) in [5.41, 5.74) is 6.14. The Balaban J connectivity index is 2.74. The maximum Gasteiger partial charge on any atom is 0.238 e. The Morgan fingerprint density at radius 1 is 1.71 bits per heavy atom. The van der Waals surface area contributed by atoms with Gasteiger partial charge in [-0.1, -0.05) is 22.5 Å². The lowest BCUT2D eigenvalue weighted by Gasteiger charge is -2.07. The molecular formula is C9H12BrN3O. The monoisotopic (exact) mass is 257 g/mol. The SMILES string of the molecule is C=C(Br)CNc1ccc(N)c(OC)n1. The van der Waals surface area contributed by atoms with E-state index in [9.17, 15) is 0 Å². The summed E-state index contributed by atoms with van der Waals surface area (Å²) in [5, 5.41) is 3.05. The molecule has 0 fully saturated rings. The molecule has 4 nitrogen and oxygen atoms in total. The normalized spacial score (nSPS) is 9.57. The predicted octanol–water partition coefficient (Wildman–Crippen LogP) is 1.99. The van der Waals surface area contributed by atoms with E-state index in [4.69, 9.17) is 10.5 Å². The van der Waals surface area contributed by atoms with Gasteiger partial charge in [0.15, 0.2) is 0 Å². The number of ether oxygens (including phenoxy) is 1. The van der Waals surface area contributed by atoms with Crippen LogP contribution in [0.5, 0.6) is 5.88 Å². The topological polar surface area (TPSA) is 60.2 Å². The molecule has 14 heavy (non-hydrogen) atoms. The predicted molar refractivity (Wildman–Crippen MR) is 61.8 cm³/mol. The van der Waals surface area contributed by atoms with E-state index < -0.39 is 0 Å². The lowest BCUT2D eigenvalue weighted by molar-refractivity contribution is 0.401. The molecule has 0 bridgehead atoms. The van der Waals surface area contributed by atoms with E-state index >= 15 is 0 Å². The van der Waals surface area contributed by atoms with E-state index in [0.29, 0.717) is 23.9 Å². The number of rotatable bonds is 4. The van der Waals surface area contributed by atoms with E-state index in [1.165, 1.54) is 7.11 Å². The Morgan fingerprint density at radius 3 is 3.00 bits per heavy atom. The van der Waals surface area contributed by atoms with Crippen molar-refractivity contribution >= 4 is 27.4 Å². The molecular weight excluding hydrogens is 246 g/mol. The molecule has 1 aromatic rings. The van der Waals surface area contributed by atoms with Gasteiger partial charge in [0.05, 0.1) is 12.8 Å². The van der Waals surface area contributed by atoms with Crippen molar-refractivity contribution in [2.45, 2.75) is 0 Å². The van der Waals surface area contributed by atoms with Gasteiger partial charge in [-0.3, -0.25) is 0 Å². The van der Waals surface area contributed by atoms with Crippen molar-refractivity contribution in [2.24, 2.45) is 0 Å². The number of nitrogens with zero attached hydrogens (tertiary/aromatic N) is 1. The molecule has 0 amide bonds. The van der Waals surface area contributed by atoms with Gasteiger partial charge in [0.1, 0.15) is 5.82 Å². The van der Waals surface area contributed by atoms with E-state index in [1.807, 2.05) is 0 Å². The van der Waals surface area contributed by atoms with Gasteiger partial charge in [0, 0.05) is 11.0 Å². The van der Waals surface area contributed by atoms with Gasteiger partial charge in [0.2, 0.25) is 5.88 Å². The summed E-state index contributed by atoms with van der Waals surface area (Å²) in [6.07, 6.45) is 0. The molecule has 0 atom stereocenters. The van der Waals surface area contributed by atoms with Crippen LogP contribution in [0.15, 0.2) is 23.2 Å². The number of halogens is 1. The highest BCUT2D eigenvalue weighted by atomic mass is 79.9. The maximum atomic E-state index is 5.61. The highest BCUT2D eigenvalue weighted by molar-refractivity contribution is 9.11. The molecule has 76 valence electrons. The molecule has 0 aliphatic heterocycles. The second-order valence-corrected chi connectivity index (χ2v) is 3.79. The molecule has 0 spiro atoms. The van der Waals surface area contributed by atoms with E-state index in [0.717, 1.165) is 4.48 Å². The third-order valence-electron chi connectivity index (χ3n) is 1.54. The summed E-state index contributed by atoms with van der Waals surface area (Å²) in [6.45, 7) is 4.31. The Hall–Kier alpha value is -1.23. The van der Waals surface area contributed by atoms with Crippen LogP contribution in [0.25, 0.3) is 0 Å². The van der Waals surface area contributed by atoms with Crippen LogP contribution in [0.3, 0.4) is 0 Å². The molecule has 5 heteroatoms. The first-order valence-electron chi connectivity index (χ1n) is 4.01. The number of anilines is 2. The third-order valence-corrected chi connectivity index (χ3v) is 1.82. The number of aromatic nitrogens is 1. The van der Waals surface area contributed by atoms with Gasteiger partial charge >= 0.3 is 0 Å². The van der Waals surface area contributed by atoms with Gasteiger partial charge in [-0.25, -0.2) is 0 Å². The molecule has 0 aliphatic rings. The zero-order valence-corrected chi connectivity index (χ0v) is 9.47. The number of hydrogen-bond acceptors (Lipinski definition) is 4. The van der Waals surface area contributed by atoms with Crippen LogP contribution < -0.4 is 15.8 Å². The molecule has 1 aromatic heterocycles. The lowest BCUT2D eigenvalue weighted by atomic mass is 10.4. The number of methoxy groups -OCH3 is 1. The average molecular weight is 258 g/mol. The Kier molecular flexibility index (Phi) is 3.76. The molecule has 0 unspecified atom stereocenters. The van der Waals surface area contributed by atoms with Gasteiger partial charge < -0.3 is 15.8 Å². The van der Waals surface area contributed by atoms with Gasteiger partial charge in [-0.05, 0) is 12.1 Å². The Bertz CT molecular complexity index is 341. The summed E-state index contributed by atoms with van der Waals surface area (Å²) in [4.78, 5) is 4.14. The van der Waals surface area contributed by atoms with Crippen LogP contribution in [0, 0.1) is 0 Å². The molecule has 1 rings (SSSR count). The Labute approximate surface area is 91.3 Å². The van der Waals surface area contributed by atoms with Crippen molar-refractivity contribution in [3.8, 4) is 5.88 Å². The molecule has 0 saturated heterocycles. The molecule has 3 N–H and O–H groups in total. The largest absolute Gasteiger partial charge is 0.479 e. The van der Waals surface area contributed by atoms with Crippen molar-refractivity contribution in [1.82, 2.24) is 4.98 Å². The van der Waals surface area contributed by atoms with E-state index in [-0.39, 0.29) is 0 Å². The molecule has 1 heterocycles. The first-order valence-corrected chi connectivity index (χ1v) is 4.80. The van der Waals surface area contributed by atoms with Crippen molar-refractivity contribution in [3.63, 3.8) is 0 Å². The van der Waals surface area contributed by atoms with Gasteiger partial charge in [-0.15, -0.1) is 0 Å². The summed E-state index contributed by atoms with van der Waals surface area (Å²) < 4.78 is 5.84. The second-order valence-electron chi connectivity index (χ2n) is 2.67. The van der Waals surface area contributed by atoms with Crippen LogP contribution in [0.4, 0.5) is 11.5 Å². The van der Waals surface area contributed by atoms with Crippen molar-refractivity contribution in [3.05, 3.63) is 23.2 Å². The molecule has 0 aliphatic carbocycles. The van der Waals surface area contributed by atoms with Crippen LogP contribution in [0.1, 0.15) is 0 Å². The molecule has 0 aromatic carbocycles. The van der Waals surface area contributed by atoms with Crippen LogP contribution in [-0.4, -0.2) is 18.6 Å². The quantitative estimate of drug-likeness (QED) is 0.867. The van der Waals surface area contributed by atoms with Crippen LogP contribution in [0.2, 0.25) is 0 Å². The smallest absolute Gasteiger partial charge is 0.238 e. The maximum absolute atomic E-state index is 5.61. The zero-order chi connectivity index (χ0) is 10.6. The van der Waals surface area contributed by atoms with Crippen molar-refractivity contribution in [1.29, 1.82) is 0 Å². The van der Waals surface area contributed by atoms with Crippen LogP contribution in [-0.2, 0) is 0 Å². The van der Waals surface area contributed by atoms with Gasteiger partial charge in [0.25, 0.3) is 0 Å². The van der Waals surface area contributed by atoms with Crippen molar-refractivity contribution in [2.75, 3.05) is 24.7 Å². The number of nitrogens with two attached hydrogens (primary N) is 1. The van der Waals surface area contributed by atoms with E-state index in [2.05, 4.69) is 32.8 Å². The van der Waals surface area contributed by atoms with Crippen LogP contribution >= 0.6 is 15.9 Å². The lowest BCUT2D eigenvalue weighted by Crippen LogP contribution is -2.04. The summed E-state index contributed by atoms with van der Waals surface area (Å²) in [7, 11) is 1.53. The second kappa shape index (κ2) is 4.85. The average Bonchev–Trinajstić information content (AvgIpc) is 2.16. The standard InChI is InChI=1S/C9H12BrN3O/c1-6(10)5-12-8-4-3-7(11)9(13-8)14-2/h3-4H,1,5,11H2,2H3,(H,12,13). The zero-order valence-electron chi connectivity index (χ0n) is 7.88. The highest BCUT2D eigenvalue weighted by Crippen LogP contribution is 2.20.